The molecule has 0 unspecified atom stereocenters. The number of aryl methyl sites for hydroxylation is 1. The van der Waals surface area contributed by atoms with Crippen molar-refractivity contribution in [3.8, 4) is 11.4 Å². The molecule has 128 valence electrons. The fourth-order valence-electron chi connectivity index (χ4n) is 2.98. The number of halogens is 1. The first-order chi connectivity index (χ1) is 11.5. The molecule has 2 N–H and O–H groups in total. The smallest absolute Gasteiger partial charge is 0.278 e. The fourth-order valence-corrected chi connectivity index (χ4v) is 2.98. The topological polar surface area (TPSA) is 78.6 Å². The van der Waals surface area contributed by atoms with Gasteiger partial charge in [0.15, 0.2) is 11.4 Å². The number of nitrogens with zero attached hydrogens (tertiary/aromatic N) is 3. The number of aliphatic hydroxyl groups is 1. The van der Waals surface area contributed by atoms with E-state index in [-0.39, 0.29) is 35.7 Å². The quantitative estimate of drug-likeness (QED) is 0.899. The van der Waals surface area contributed by atoms with Crippen molar-refractivity contribution < 1.29 is 19.4 Å². The van der Waals surface area contributed by atoms with Gasteiger partial charge in [0, 0.05) is 19.7 Å². The number of amides is 1. The summed E-state index contributed by atoms with van der Waals surface area (Å²) in [4.78, 5) is 14.2. The third-order valence-electron chi connectivity index (χ3n) is 4.46. The SMILES string of the molecule is Cc1cc(F)ccc1-n1cc(O)c(C(=O)N2CCC(CO)CC2)n1. The van der Waals surface area contributed by atoms with Crippen molar-refractivity contribution in [3.63, 3.8) is 0 Å². The minimum atomic E-state index is -0.351. The number of rotatable bonds is 3. The number of carbonyl (C=O) groups excluding carboxylic acids is 1. The van der Waals surface area contributed by atoms with Gasteiger partial charge in [-0.25, -0.2) is 9.07 Å². The minimum absolute atomic E-state index is 0.0128. The lowest BCUT2D eigenvalue weighted by Crippen LogP contribution is -2.39. The van der Waals surface area contributed by atoms with Gasteiger partial charge in [-0.05, 0) is 49.4 Å². The predicted molar refractivity (Wildman–Crippen MR) is 85.6 cm³/mol. The number of likely N-dealkylation sites (tertiary alicyclic amines) is 1. The number of piperidine rings is 1. The largest absolute Gasteiger partial charge is 0.504 e. The first kappa shape index (κ1) is 16.4. The van der Waals surface area contributed by atoms with Crippen LogP contribution in [0.15, 0.2) is 24.4 Å². The van der Waals surface area contributed by atoms with E-state index in [0.29, 0.717) is 24.3 Å². The molecule has 1 amide bonds. The van der Waals surface area contributed by atoms with E-state index in [2.05, 4.69) is 5.10 Å². The Kier molecular flexibility index (Phi) is 4.53. The van der Waals surface area contributed by atoms with Crippen molar-refractivity contribution in [2.24, 2.45) is 5.92 Å². The Morgan fingerprint density at radius 1 is 1.38 bits per heavy atom. The molecule has 0 atom stereocenters. The zero-order valence-electron chi connectivity index (χ0n) is 13.4. The molecule has 0 saturated carbocycles. The molecule has 7 heteroatoms. The van der Waals surface area contributed by atoms with Crippen LogP contribution in [0.3, 0.4) is 0 Å². The maximum atomic E-state index is 13.2. The molecular weight excluding hydrogens is 313 g/mol. The van der Waals surface area contributed by atoms with E-state index in [1.165, 1.54) is 23.0 Å². The summed E-state index contributed by atoms with van der Waals surface area (Å²) in [6.45, 7) is 2.93. The first-order valence-corrected chi connectivity index (χ1v) is 7.95. The zero-order chi connectivity index (χ0) is 17.3. The minimum Gasteiger partial charge on any atom is -0.504 e. The second-order valence-electron chi connectivity index (χ2n) is 6.16. The van der Waals surface area contributed by atoms with Crippen LogP contribution in [0.4, 0.5) is 4.39 Å². The normalized spacial score (nSPS) is 15.7. The molecule has 0 bridgehead atoms. The molecule has 0 radical (unpaired) electrons. The molecular formula is C17H20FN3O3. The number of benzene rings is 1. The van der Waals surface area contributed by atoms with Crippen molar-refractivity contribution in [1.29, 1.82) is 0 Å². The van der Waals surface area contributed by atoms with Crippen LogP contribution in [0.25, 0.3) is 5.69 Å². The van der Waals surface area contributed by atoms with Crippen LogP contribution in [0.1, 0.15) is 28.9 Å². The van der Waals surface area contributed by atoms with Crippen LogP contribution >= 0.6 is 0 Å². The molecule has 1 fully saturated rings. The van der Waals surface area contributed by atoms with E-state index in [1.54, 1.807) is 17.9 Å². The van der Waals surface area contributed by atoms with Crippen molar-refractivity contribution in [3.05, 3.63) is 41.5 Å². The summed E-state index contributed by atoms with van der Waals surface area (Å²) in [6, 6.07) is 4.23. The van der Waals surface area contributed by atoms with Gasteiger partial charge in [0.2, 0.25) is 0 Å². The van der Waals surface area contributed by atoms with Crippen LogP contribution in [0.2, 0.25) is 0 Å². The van der Waals surface area contributed by atoms with Crippen LogP contribution in [0, 0.1) is 18.7 Å². The summed E-state index contributed by atoms with van der Waals surface area (Å²) in [5, 5.41) is 23.4. The van der Waals surface area contributed by atoms with E-state index in [1.807, 2.05) is 0 Å². The second-order valence-corrected chi connectivity index (χ2v) is 6.16. The van der Waals surface area contributed by atoms with Crippen LogP contribution in [-0.4, -0.2) is 50.5 Å². The summed E-state index contributed by atoms with van der Waals surface area (Å²) in [5.41, 5.74) is 1.24. The number of aromatic nitrogens is 2. The third kappa shape index (κ3) is 3.12. The lowest BCUT2D eigenvalue weighted by atomic mass is 9.98. The highest BCUT2D eigenvalue weighted by molar-refractivity contribution is 5.94. The Bertz CT molecular complexity index is 752. The van der Waals surface area contributed by atoms with Gasteiger partial charge < -0.3 is 15.1 Å². The second kappa shape index (κ2) is 6.60. The van der Waals surface area contributed by atoms with Gasteiger partial charge in [0.25, 0.3) is 5.91 Å². The highest BCUT2D eigenvalue weighted by Crippen LogP contribution is 2.24. The molecule has 1 aromatic carbocycles. The molecule has 0 spiro atoms. The third-order valence-corrected chi connectivity index (χ3v) is 4.46. The molecule has 1 aliphatic heterocycles. The summed E-state index contributed by atoms with van der Waals surface area (Å²) in [5.74, 6) is -0.659. The highest BCUT2D eigenvalue weighted by atomic mass is 19.1. The zero-order valence-corrected chi connectivity index (χ0v) is 13.4. The van der Waals surface area contributed by atoms with Gasteiger partial charge in [0.05, 0.1) is 11.9 Å². The Morgan fingerprint density at radius 3 is 2.71 bits per heavy atom. The molecule has 2 heterocycles. The molecule has 1 saturated heterocycles. The number of aliphatic hydroxyl groups excluding tert-OH is 1. The van der Waals surface area contributed by atoms with E-state index < -0.39 is 0 Å². The average Bonchev–Trinajstić information content (AvgIpc) is 2.95. The van der Waals surface area contributed by atoms with Gasteiger partial charge in [-0.1, -0.05) is 0 Å². The van der Waals surface area contributed by atoms with Crippen molar-refractivity contribution in [1.82, 2.24) is 14.7 Å². The number of aromatic hydroxyl groups is 1. The molecule has 24 heavy (non-hydrogen) atoms. The molecule has 3 rings (SSSR count). The Morgan fingerprint density at radius 2 is 2.08 bits per heavy atom. The predicted octanol–water partition coefficient (Wildman–Crippen LogP) is 1.87. The summed E-state index contributed by atoms with van der Waals surface area (Å²) < 4.78 is 14.6. The van der Waals surface area contributed by atoms with Crippen LogP contribution in [0.5, 0.6) is 5.75 Å². The maximum Gasteiger partial charge on any atom is 0.278 e. The van der Waals surface area contributed by atoms with E-state index in [0.717, 1.165) is 12.8 Å². The van der Waals surface area contributed by atoms with E-state index in [4.69, 9.17) is 5.11 Å². The lowest BCUT2D eigenvalue weighted by Gasteiger charge is -2.30. The number of hydrogen-bond acceptors (Lipinski definition) is 4. The Labute approximate surface area is 139 Å². The van der Waals surface area contributed by atoms with Crippen LogP contribution in [-0.2, 0) is 0 Å². The average molecular weight is 333 g/mol. The first-order valence-electron chi connectivity index (χ1n) is 7.95. The van der Waals surface area contributed by atoms with Crippen molar-refractivity contribution >= 4 is 5.91 Å². The summed E-state index contributed by atoms with van der Waals surface area (Å²) in [7, 11) is 0. The van der Waals surface area contributed by atoms with E-state index in [9.17, 15) is 14.3 Å². The summed E-state index contributed by atoms with van der Waals surface area (Å²) in [6.07, 6.45) is 2.83. The fraction of sp³-hybridized carbons (Fsp3) is 0.412. The number of carbonyl (C=O) groups is 1. The lowest BCUT2D eigenvalue weighted by molar-refractivity contribution is 0.0642. The molecule has 0 aliphatic carbocycles. The maximum absolute atomic E-state index is 13.2. The Hall–Kier alpha value is -2.41. The van der Waals surface area contributed by atoms with Gasteiger partial charge in [0.1, 0.15) is 5.82 Å². The standard InChI is InChI=1S/C17H20FN3O3/c1-11-8-13(18)2-3-14(11)21-9-15(23)16(19-21)17(24)20-6-4-12(10-22)5-7-20/h2-3,8-9,12,22-23H,4-7,10H2,1H3. The highest BCUT2D eigenvalue weighted by Gasteiger charge is 2.27. The van der Waals surface area contributed by atoms with Crippen molar-refractivity contribution in [2.75, 3.05) is 19.7 Å². The Balaban J connectivity index is 1.82. The van der Waals surface area contributed by atoms with E-state index >= 15 is 0 Å². The monoisotopic (exact) mass is 333 g/mol. The molecule has 2 aromatic rings. The molecule has 1 aliphatic rings. The van der Waals surface area contributed by atoms with Gasteiger partial charge in [-0.15, -0.1) is 0 Å². The molecule has 1 aromatic heterocycles. The van der Waals surface area contributed by atoms with Gasteiger partial charge >= 0.3 is 0 Å². The van der Waals surface area contributed by atoms with Crippen LogP contribution < -0.4 is 0 Å². The van der Waals surface area contributed by atoms with Crippen molar-refractivity contribution in [2.45, 2.75) is 19.8 Å². The van der Waals surface area contributed by atoms with Gasteiger partial charge in [-0.3, -0.25) is 4.79 Å². The number of hydrogen-bond donors (Lipinski definition) is 2. The summed E-state index contributed by atoms with van der Waals surface area (Å²) >= 11 is 0. The van der Waals surface area contributed by atoms with Gasteiger partial charge in [-0.2, -0.15) is 5.10 Å². The molecule has 6 nitrogen and oxygen atoms in total.